The van der Waals surface area contributed by atoms with Crippen molar-refractivity contribution in [2.45, 2.75) is 31.6 Å². The zero-order valence-corrected chi connectivity index (χ0v) is 28.1. The van der Waals surface area contributed by atoms with Gasteiger partial charge in [0.2, 0.25) is 0 Å². The first-order valence-corrected chi connectivity index (χ1v) is 17.4. The molecule has 0 aromatic heterocycles. The maximum absolute atomic E-state index is 2.49. The third kappa shape index (κ3) is 3.80. The Morgan fingerprint density at radius 1 is 0.327 bits per heavy atom. The molecule has 232 valence electrons. The van der Waals surface area contributed by atoms with Crippen LogP contribution in [0.4, 0.5) is 0 Å². The minimum atomic E-state index is -0.246. The molecule has 2 aliphatic carbocycles. The van der Waals surface area contributed by atoms with Gasteiger partial charge in [0.1, 0.15) is 0 Å². The van der Waals surface area contributed by atoms with Crippen LogP contribution in [0.1, 0.15) is 48.6 Å². The van der Waals surface area contributed by atoms with Gasteiger partial charge in [0.05, 0.1) is 0 Å². The Balaban J connectivity index is 1.23. The molecule has 8 aromatic rings. The molecule has 0 aliphatic heterocycles. The molecule has 0 heterocycles. The Morgan fingerprint density at radius 3 is 1.31 bits per heavy atom. The molecule has 0 saturated heterocycles. The van der Waals surface area contributed by atoms with Crippen LogP contribution in [-0.2, 0) is 10.8 Å². The van der Waals surface area contributed by atoms with Gasteiger partial charge in [-0.15, -0.1) is 0 Å². The van der Waals surface area contributed by atoms with Gasteiger partial charge in [-0.2, -0.15) is 0 Å². The molecule has 49 heavy (non-hydrogen) atoms. The Kier molecular flexibility index (Phi) is 5.86. The Labute approximate surface area is 288 Å². The van der Waals surface area contributed by atoms with Crippen LogP contribution in [0, 0.1) is 0 Å². The molecular formula is C49H36. The van der Waals surface area contributed by atoms with E-state index in [0.29, 0.717) is 0 Å². The summed E-state index contributed by atoms with van der Waals surface area (Å²) in [5.74, 6) is 0. The smallest absolute Gasteiger partial charge is 0.0435 e. The number of hydrogen-bond donors (Lipinski definition) is 0. The summed E-state index contributed by atoms with van der Waals surface area (Å²) >= 11 is 0. The van der Waals surface area contributed by atoms with Crippen LogP contribution >= 0.6 is 0 Å². The van der Waals surface area contributed by atoms with E-state index in [2.05, 4.69) is 185 Å². The van der Waals surface area contributed by atoms with E-state index in [4.69, 9.17) is 0 Å². The highest BCUT2D eigenvalue weighted by atomic mass is 14.4. The van der Waals surface area contributed by atoms with Crippen molar-refractivity contribution >= 4 is 21.5 Å². The number of hydrogen-bond acceptors (Lipinski definition) is 0. The number of fused-ring (bicyclic) bond motifs is 8. The van der Waals surface area contributed by atoms with Crippen LogP contribution in [0.2, 0.25) is 0 Å². The Bertz CT molecular complexity index is 2580. The lowest BCUT2D eigenvalue weighted by molar-refractivity contribution is 0.660. The molecule has 0 bridgehead atoms. The van der Waals surface area contributed by atoms with Crippen LogP contribution in [0.25, 0.3) is 66.1 Å². The van der Waals surface area contributed by atoms with Crippen molar-refractivity contribution in [2.24, 2.45) is 0 Å². The SMILES string of the molecule is CC1(C)c2ccccc2-c2ccc(-c3c4ccccc4c(-c4ccc5c(c4)C(C)(c4ccccc4)c4ccccc4-5)c4ccccc34)cc21. The maximum Gasteiger partial charge on any atom is 0.0435 e. The van der Waals surface area contributed by atoms with Crippen LogP contribution in [-0.4, -0.2) is 0 Å². The lowest BCUT2D eigenvalue weighted by Crippen LogP contribution is -2.22. The maximum atomic E-state index is 2.49. The normalized spacial score (nSPS) is 16.7. The second-order valence-corrected chi connectivity index (χ2v) is 14.6. The van der Waals surface area contributed by atoms with Crippen LogP contribution in [0.15, 0.2) is 164 Å². The molecule has 1 unspecified atom stereocenters. The number of rotatable bonds is 3. The Morgan fingerprint density at radius 2 is 0.735 bits per heavy atom. The molecule has 2 aliphatic rings. The van der Waals surface area contributed by atoms with Gasteiger partial charge in [0, 0.05) is 10.8 Å². The van der Waals surface area contributed by atoms with Gasteiger partial charge in [-0.05, 0) is 113 Å². The molecule has 0 nitrogen and oxygen atoms in total. The van der Waals surface area contributed by atoms with Crippen molar-refractivity contribution in [2.75, 3.05) is 0 Å². The molecule has 8 aromatic carbocycles. The van der Waals surface area contributed by atoms with Crippen LogP contribution in [0.5, 0.6) is 0 Å². The highest BCUT2D eigenvalue weighted by molar-refractivity contribution is 6.21. The zero-order valence-electron chi connectivity index (χ0n) is 28.1. The van der Waals surface area contributed by atoms with Crippen molar-refractivity contribution in [3.8, 4) is 44.5 Å². The zero-order chi connectivity index (χ0) is 32.9. The third-order valence-corrected chi connectivity index (χ3v) is 11.8. The lowest BCUT2D eigenvalue weighted by atomic mass is 9.73. The highest BCUT2D eigenvalue weighted by Crippen LogP contribution is 2.55. The molecule has 0 heteroatoms. The summed E-state index contributed by atoms with van der Waals surface area (Å²) in [5.41, 5.74) is 17.1. The molecule has 0 saturated carbocycles. The quantitative estimate of drug-likeness (QED) is 0.172. The van der Waals surface area contributed by atoms with E-state index in [1.54, 1.807) is 0 Å². The molecular weight excluding hydrogens is 589 g/mol. The van der Waals surface area contributed by atoms with Gasteiger partial charge < -0.3 is 0 Å². The van der Waals surface area contributed by atoms with E-state index in [1.807, 2.05) is 0 Å². The fourth-order valence-corrected chi connectivity index (χ4v) is 9.34. The highest BCUT2D eigenvalue weighted by Gasteiger charge is 2.41. The van der Waals surface area contributed by atoms with E-state index < -0.39 is 0 Å². The third-order valence-electron chi connectivity index (χ3n) is 11.8. The van der Waals surface area contributed by atoms with Crippen LogP contribution < -0.4 is 0 Å². The first kappa shape index (κ1) is 28.3. The lowest BCUT2D eigenvalue weighted by Gasteiger charge is -2.29. The average Bonchev–Trinajstić information content (AvgIpc) is 3.55. The molecule has 1 atom stereocenters. The monoisotopic (exact) mass is 624 g/mol. The van der Waals surface area contributed by atoms with E-state index in [0.717, 1.165) is 0 Å². The molecule has 0 radical (unpaired) electrons. The summed E-state index contributed by atoms with van der Waals surface area (Å²) in [6, 6.07) is 61.4. The predicted molar refractivity (Wildman–Crippen MR) is 207 cm³/mol. The van der Waals surface area contributed by atoms with Crippen molar-refractivity contribution in [3.05, 3.63) is 192 Å². The largest absolute Gasteiger partial charge is 0.0622 e. The van der Waals surface area contributed by atoms with E-state index in [-0.39, 0.29) is 10.8 Å². The summed E-state index contributed by atoms with van der Waals surface area (Å²) in [6.45, 7) is 7.15. The van der Waals surface area contributed by atoms with Gasteiger partial charge in [0.15, 0.2) is 0 Å². The van der Waals surface area contributed by atoms with Gasteiger partial charge in [-0.25, -0.2) is 0 Å². The summed E-state index contributed by atoms with van der Waals surface area (Å²) in [4.78, 5) is 0. The van der Waals surface area contributed by atoms with E-state index in [1.165, 1.54) is 93.9 Å². The Hall–Kier alpha value is -5.72. The minimum Gasteiger partial charge on any atom is -0.0622 e. The second kappa shape index (κ2) is 10.1. The van der Waals surface area contributed by atoms with Gasteiger partial charge in [-0.3, -0.25) is 0 Å². The van der Waals surface area contributed by atoms with Crippen LogP contribution in [0.3, 0.4) is 0 Å². The van der Waals surface area contributed by atoms with Crippen molar-refractivity contribution in [1.29, 1.82) is 0 Å². The molecule has 0 N–H and O–H groups in total. The average molecular weight is 625 g/mol. The standard InChI is InChI=1S/C49H36/c1-48(2)42-23-13-11-17-34(42)36-27-25-31(29-44(36)48)46-38-19-7-9-21-40(38)47(41-22-10-8-20-39(41)46)32-26-28-37-35-18-12-14-24-43(35)49(3,45(37)30-32)33-15-5-4-6-16-33/h4-30H,1-3H3. The van der Waals surface area contributed by atoms with E-state index >= 15 is 0 Å². The molecule has 0 fully saturated rings. The topological polar surface area (TPSA) is 0 Å². The molecule has 10 rings (SSSR count). The van der Waals surface area contributed by atoms with Gasteiger partial charge in [0.25, 0.3) is 0 Å². The summed E-state index contributed by atoms with van der Waals surface area (Å²) < 4.78 is 0. The first-order chi connectivity index (χ1) is 24.0. The summed E-state index contributed by atoms with van der Waals surface area (Å²) in [5, 5.41) is 5.16. The van der Waals surface area contributed by atoms with Gasteiger partial charge >= 0.3 is 0 Å². The predicted octanol–water partition coefficient (Wildman–Crippen LogP) is 13.0. The number of benzene rings is 8. The summed E-state index contributed by atoms with van der Waals surface area (Å²) in [7, 11) is 0. The van der Waals surface area contributed by atoms with Crippen molar-refractivity contribution < 1.29 is 0 Å². The molecule has 0 spiro atoms. The fraction of sp³-hybridized carbons (Fsp3) is 0.102. The summed E-state index contributed by atoms with van der Waals surface area (Å²) in [6.07, 6.45) is 0. The first-order valence-electron chi connectivity index (χ1n) is 17.4. The second-order valence-electron chi connectivity index (χ2n) is 14.6. The van der Waals surface area contributed by atoms with Gasteiger partial charge in [-0.1, -0.05) is 166 Å². The van der Waals surface area contributed by atoms with E-state index in [9.17, 15) is 0 Å². The minimum absolute atomic E-state index is 0.0547. The molecule has 0 amide bonds. The van der Waals surface area contributed by atoms with Crippen molar-refractivity contribution in [1.82, 2.24) is 0 Å². The fourth-order valence-electron chi connectivity index (χ4n) is 9.34. The van der Waals surface area contributed by atoms with Crippen molar-refractivity contribution in [3.63, 3.8) is 0 Å².